The smallest absolute Gasteiger partial charge is 0.206 e. The fourth-order valence-electron chi connectivity index (χ4n) is 1.82. The lowest BCUT2D eigenvalue weighted by Gasteiger charge is -2.04. The Balaban J connectivity index is 2.09. The van der Waals surface area contributed by atoms with Gasteiger partial charge in [-0.2, -0.15) is 0 Å². The van der Waals surface area contributed by atoms with Crippen LogP contribution in [0.2, 0.25) is 0 Å². The molecule has 0 bridgehead atoms. The minimum atomic E-state index is -0.149. The molecule has 0 saturated heterocycles. The zero-order valence-corrected chi connectivity index (χ0v) is 10.7. The maximum atomic E-state index is 11.0. The maximum absolute atomic E-state index is 11.0. The number of phenolic OH excluding ortho intramolecular Hbond substituents is 1. The van der Waals surface area contributed by atoms with Gasteiger partial charge in [-0.1, -0.05) is 12.2 Å². The molecule has 0 radical (unpaired) electrons. The van der Waals surface area contributed by atoms with Gasteiger partial charge in [0.25, 0.3) is 0 Å². The zero-order valence-electron chi connectivity index (χ0n) is 9.13. The van der Waals surface area contributed by atoms with Crippen molar-refractivity contribution in [2.75, 3.05) is 0 Å². The van der Waals surface area contributed by atoms with Crippen molar-refractivity contribution in [1.29, 1.82) is 0 Å². The summed E-state index contributed by atoms with van der Waals surface area (Å²) in [5.41, 5.74) is 1.16. The van der Waals surface area contributed by atoms with E-state index in [-0.39, 0.29) is 17.5 Å². The van der Waals surface area contributed by atoms with Crippen molar-refractivity contribution in [1.82, 2.24) is 4.98 Å². The standard InChI is InChI=1S/C13H8BrNO3/c14-10-5-9(17)6-11-12(10)18-13(15-11)7-1-3-8(16)4-2-7/h1-7,17H. The fraction of sp³-hybridized carbons (Fsp3) is 0.0769. The largest absolute Gasteiger partial charge is 0.508 e. The van der Waals surface area contributed by atoms with Crippen LogP contribution in [0.3, 0.4) is 0 Å². The topological polar surface area (TPSA) is 63.3 Å². The third kappa shape index (κ3) is 1.86. The number of allylic oxidation sites excluding steroid dienone is 4. The van der Waals surface area contributed by atoms with Crippen molar-refractivity contribution in [2.24, 2.45) is 0 Å². The van der Waals surface area contributed by atoms with Crippen LogP contribution in [0.1, 0.15) is 11.8 Å². The van der Waals surface area contributed by atoms with Gasteiger partial charge < -0.3 is 9.52 Å². The molecule has 0 amide bonds. The van der Waals surface area contributed by atoms with E-state index in [2.05, 4.69) is 20.9 Å². The molecule has 1 aromatic carbocycles. The van der Waals surface area contributed by atoms with Crippen LogP contribution >= 0.6 is 15.9 Å². The van der Waals surface area contributed by atoms with Gasteiger partial charge in [0, 0.05) is 6.07 Å². The number of benzene rings is 1. The molecule has 18 heavy (non-hydrogen) atoms. The molecule has 0 spiro atoms. The Morgan fingerprint density at radius 1 is 1.28 bits per heavy atom. The van der Waals surface area contributed by atoms with Crippen molar-refractivity contribution < 1.29 is 14.3 Å². The first kappa shape index (κ1) is 11.2. The number of hydrogen-bond acceptors (Lipinski definition) is 4. The van der Waals surface area contributed by atoms with Crippen molar-refractivity contribution >= 4 is 32.8 Å². The average Bonchev–Trinajstić information content (AvgIpc) is 2.74. The Labute approximate surface area is 111 Å². The number of carbonyl (C=O) groups excluding carboxylic acids is 1. The number of phenols is 1. The molecule has 0 saturated carbocycles. The van der Waals surface area contributed by atoms with Gasteiger partial charge in [-0.3, -0.25) is 4.79 Å². The SMILES string of the molecule is O=C1C=CC(c2nc3cc(O)cc(Br)c3o2)C=C1. The number of ketones is 1. The van der Waals surface area contributed by atoms with Crippen molar-refractivity contribution in [2.45, 2.75) is 5.92 Å². The summed E-state index contributed by atoms with van der Waals surface area (Å²) in [6, 6.07) is 3.09. The van der Waals surface area contributed by atoms with Crippen molar-refractivity contribution in [3.8, 4) is 5.75 Å². The van der Waals surface area contributed by atoms with E-state index in [1.54, 1.807) is 18.2 Å². The number of halogens is 1. The van der Waals surface area contributed by atoms with E-state index in [0.29, 0.717) is 21.5 Å². The normalized spacial score (nSPS) is 15.7. The van der Waals surface area contributed by atoms with Gasteiger partial charge in [0.2, 0.25) is 5.89 Å². The van der Waals surface area contributed by atoms with Crippen LogP contribution < -0.4 is 0 Å². The monoisotopic (exact) mass is 305 g/mol. The predicted molar refractivity (Wildman–Crippen MR) is 69.4 cm³/mol. The molecule has 0 unspecified atom stereocenters. The number of aromatic hydroxyl groups is 1. The Hall–Kier alpha value is -1.88. The van der Waals surface area contributed by atoms with Crippen LogP contribution in [0, 0.1) is 0 Å². The van der Waals surface area contributed by atoms with Gasteiger partial charge in [-0.25, -0.2) is 4.98 Å². The molecule has 5 heteroatoms. The number of rotatable bonds is 1. The highest BCUT2D eigenvalue weighted by Crippen LogP contribution is 2.32. The van der Waals surface area contributed by atoms with E-state index in [0.717, 1.165) is 0 Å². The molecular formula is C13H8BrNO3. The van der Waals surface area contributed by atoms with E-state index in [9.17, 15) is 9.90 Å². The summed E-state index contributed by atoms with van der Waals surface area (Å²) in [6.45, 7) is 0. The summed E-state index contributed by atoms with van der Waals surface area (Å²) in [5.74, 6) is 0.431. The summed E-state index contributed by atoms with van der Waals surface area (Å²) in [4.78, 5) is 15.4. The van der Waals surface area contributed by atoms with Crippen LogP contribution in [-0.4, -0.2) is 15.9 Å². The lowest BCUT2D eigenvalue weighted by Crippen LogP contribution is -1.99. The van der Waals surface area contributed by atoms with Gasteiger partial charge in [0.15, 0.2) is 11.4 Å². The number of aromatic nitrogens is 1. The molecule has 2 aromatic rings. The molecule has 3 rings (SSSR count). The summed E-state index contributed by atoms with van der Waals surface area (Å²) >= 11 is 3.31. The number of nitrogens with zero attached hydrogens (tertiary/aromatic N) is 1. The van der Waals surface area contributed by atoms with Crippen LogP contribution in [0.4, 0.5) is 0 Å². The lowest BCUT2D eigenvalue weighted by atomic mass is 10.0. The molecule has 90 valence electrons. The number of fused-ring (bicyclic) bond motifs is 1. The quantitative estimate of drug-likeness (QED) is 0.879. The first-order valence-corrected chi connectivity index (χ1v) is 6.12. The fourth-order valence-corrected chi connectivity index (χ4v) is 2.34. The number of oxazole rings is 1. The van der Waals surface area contributed by atoms with Gasteiger partial charge in [-0.05, 0) is 34.1 Å². The summed E-state index contributed by atoms with van der Waals surface area (Å²) < 4.78 is 6.29. The van der Waals surface area contributed by atoms with Gasteiger partial charge in [-0.15, -0.1) is 0 Å². The lowest BCUT2D eigenvalue weighted by molar-refractivity contribution is -0.110. The molecule has 0 aliphatic heterocycles. The second-order valence-electron chi connectivity index (χ2n) is 3.97. The highest BCUT2D eigenvalue weighted by molar-refractivity contribution is 9.10. The molecule has 4 nitrogen and oxygen atoms in total. The highest BCUT2D eigenvalue weighted by atomic mass is 79.9. The Morgan fingerprint density at radius 2 is 2.00 bits per heavy atom. The van der Waals surface area contributed by atoms with Crippen LogP contribution in [0.5, 0.6) is 5.75 Å². The average molecular weight is 306 g/mol. The molecule has 1 aliphatic carbocycles. The second-order valence-corrected chi connectivity index (χ2v) is 4.83. The first-order chi connectivity index (χ1) is 8.63. The van der Waals surface area contributed by atoms with Crippen LogP contribution in [0.15, 0.2) is 45.3 Å². The summed E-state index contributed by atoms with van der Waals surface area (Å²) in [7, 11) is 0. The summed E-state index contributed by atoms with van der Waals surface area (Å²) in [6.07, 6.45) is 6.46. The highest BCUT2D eigenvalue weighted by Gasteiger charge is 2.17. The molecule has 1 aliphatic rings. The van der Waals surface area contributed by atoms with E-state index < -0.39 is 0 Å². The maximum Gasteiger partial charge on any atom is 0.206 e. The zero-order chi connectivity index (χ0) is 12.7. The molecule has 1 aromatic heterocycles. The number of hydrogen-bond donors (Lipinski definition) is 1. The van der Waals surface area contributed by atoms with Crippen molar-refractivity contribution in [3.05, 3.63) is 46.8 Å². The van der Waals surface area contributed by atoms with E-state index in [1.807, 2.05) is 0 Å². The van der Waals surface area contributed by atoms with Gasteiger partial charge in [0.1, 0.15) is 11.3 Å². The van der Waals surface area contributed by atoms with Crippen LogP contribution in [0.25, 0.3) is 11.1 Å². The van der Waals surface area contributed by atoms with Crippen LogP contribution in [-0.2, 0) is 4.79 Å². The molecule has 0 fully saturated rings. The van der Waals surface area contributed by atoms with Gasteiger partial charge >= 0.3 is 0 Å². The third-order valence-electron chi connectivity index (χ3n) is 2.67. The number of carbonyl (C=O) groups is 1. The molecule has 1 N–H and O–H groups in total. The van der Waals surface area contributed by atoms with Crippen molar-refractivity contribution in [3.63, 3.8) is 0 Å². The van der Waals surface area contributed by atoms with E-state index in [1.165, 1.54) is 18.2 Å². The van der Waals surface area contributed by atoms with E-state index in [4.69, 9.17) is 4.42 Å². The third-order valence-corrected chi connectivity index (χ3v) is 3.26. The minimum Gasteiger partial charge on any atom is -0.508 e. The Bertz CT molecular complexity index is 684. The molecule has 1 heterocycles. The molecule has 0 atom stereocenters. The summed E-state index contributed by atoms with van der Waals surface area (Å²) in [5, 5.41) is 9.48. The van der Waals surface area contributed by atoms with Gasteiger partial charge in [0.05, 0.1) is 10.4 Å². The first-order valence-electron chi connectivity index (χ1n) is 5.33. The molecular weight excluding hydrogens is 298 g/mol. The Morgan fingerprint density at radius 3 is 2.72 bits per heavy atom. The predicted octanol–water partition coefficient (Wildman–Crippen LogP) is 3.07. The second kappa shape index (κ2) is 4.10. The minimum absolute atomic E-state index is 0.0406. The Kier molecular flexibility index (Phi) is 2.56. The van der Waals surface area contributed by atoms with E-state index >= 15 is 0 Å².